The Kier molecular flexibility index (Phi) is 6.52. The first-order chi connectivity index (χ1) is 8.65. The van der Waals surface area contributed by atoms with Gasteiger partial charge in [0.05, 0.1) is 6.54 Å². The first-order valence-electron chi connectivity index (χ1n) is 6.43. The average Bonchev–Trinajstić information content (AvgIpc) is 2.25. The van der Waals surface area contributed by atoms with Gasteiger partial charge < -0.3 is 15.3 Å². The van der Waals surface area contributed by atoms with Crippen molar-refractivity contribution in [2.24, 2.45) is 11.3 Å². The van der Waals surface area contributed by atoms with Gasteiger partial charge in [-0.25, -0.2) is 0 Å². The lowest BCUT2D eigenvalue weighted by Crippen LogP contribution is -2.46. The number of nitrogens with one attached hydrogen (secondary N) is 1. The van der Waals surface area contributed by atoms with Crippen molar-refractivity contribution < 1.29 is 19.5 Å². The second-order valence-electron chi connectivity index (χ2n) is 5.42. The van der Waals surface area contributed by atoms with Gasteiger partial charge in [-0.15, -0.1) is 0 Å². The van der Waals surface area contributed by atoms with E-state index in [-0.39, 0.29) is 12.5 Å². The third-order valence-electron chi connectivity index (χ3n) is 2.91. The molecule has 2 amide bonds. The van der Waals surface area contributed by atoms with Crippen molar-refractivity contribution in [1.29, 1.82) is 0 Å². The molecule has 0 aliphatic rings. The van der Waals surface area contributed by atoms with Gasteiger partial charge in [0.15, 0.2) is 0 Å². The lowest BCUT2D eigenvalue weighted by molar-refractivity contribution is -0.152. The fourth-order valence-electron chi connectivity index (χ4n) is 1.83. The van der Waals surface area contributed by atoms with Crippen molar-refractivity contribution in [1.82, 2.24) is 10.2 Å². The van der Waals surface area contributed by atoms with E-state index in [1.54, 1.807) is 25.7 Å². The van der Waals surface area contributed by atoms with E-state index >= 15 is 0 Å². The molecule has 19 heavy (non-hydrogen) atoms. The molecule has 0 bridgehead atoms. The van der Waals surface area contributed by atoms with Crippen molar-refractivity contribution in [2.75, 3.05) is 19.6 Å². The molecule has 0 rings (SSSR count). The van der Waals surface area contributed by atoms with Crippen LogP contribution in [0.2, 0.25) is 0 Å². The normalized spacial score (nSPS) is 12.7. The van der Waals surface area contributed by atoms with Crippen molar-refractivity contribution in [2.45, 2.75) is 34.6 Å². The van der Waals surface area contributed by atoms with Crippen molar-refractivity contribution >= 4 is 17.8 Å². The van der Waals surface area contributed by atoms with Crippen LogP contribution in [-0.4, -0.2) is 47.4 Å². The summed E-state index contributed by atoms with van der Waals surface area (Å²) in [7, 11) is 0. The minimum absolute atomic E-state index is 0.166. The maximum absolute atomic E-state index is 11.9. The second kappa shape index (κ2) is 7.11. The van der Waals surface area contributed by atoms with Gasteiger partial charge in [0.1, 0.15) is 5.92 Å². The molecule has 0 saturated heterocycles. The van der Waals surface area contributed by atoms with Gasteiger partial charge >= 0.3 is 5.97 Å². The van der Waals surface area contributed by atoms with Gasteiger partial charge in [-0.05, 0) is 19.3 Å². The molecule has 0 aromatic carbocycles. The van der Waals surface area contributed by atoms with Crippen molar-refractivity contribution in [3.05, 3.63) is 0 Å². The number of amides is 2. The van der Waals surface area contributed by atoms with Crippen LogP contribution in [0, 0.1) is 11.3 Å². The molecule has 110 valence electrons. The van der Waals surface area contributed by atoms with E-state index in [2.05, 4.69) is 5.32 Å². The van der Waals surface area contributed by atoms with Crippen LogP contribution in [0.4, 0.5) is 0 Å². The summed E-state index contributed by atoms with van der Waals surface area (Å²) in [6, 6.07) is 0. The largest absolute Gasteiger partial charge is 0.481 e. The summed E-state index contributed by atoms with van der Waals surface area (Å²) in [4.78, 5) is 36.3. The molecule has 0 aromatic heterocycles. The molecule has 1 atom stereocenters. The molecular weight excluding hydrogens is 248 g/mol. The van der Waals surface area contributed by atoms with Crippen molar-refractivity contribution in [3.8, 4) is 0 Å². The summed E-state index contributed by atoms with van der Waals surface area (Å²) >= 11 is 0. The fourth-order valence-corrected chi connectivity index (χ4v) is 1.83. The van der Waals surface area contributed by atoms with Crippen molar-refractivity contribution in [3.63, 3.8) is 0 Å². The molecule has 2 N–H and O–H groups in total. The lowest BCUT2D eigenvalue weighted by atomic mass is 9.80. The van der Waals surface area contributed by atoms with E-state index in [4.69, 9.17) is 5.11 Å². The Bertz CT molecular complexity index is 343. The van der Waals surface area contributed by atoms with E-state index < -0.39 is 23.2 Å². The smallest absolute Gasteiger partial charge is 0.316 e. The number of carbonyl (C=O) groups is 3. The minimum atomic E-state index is -1.18. The highest BCUT2D eigenvalue weighted by Crippen LogP contribution is 2.26. The predicted molar refractivity (Wildman–Crippen MR) is 71.5 cm³/mol. The maximum atomic E-state index is 11.9. The number of hydrogen-bond acceptors (Lipinski definition) is 3. The first-order valence-corrected chi connectivity index (χ1v) is 6.43. The van der Waals surface area contributed by atoms with Crippen LogP contribution in [0.5, 0.6) is 0 Å². The Labute approximate surface area is 114 Å². The predicted octanol–water partition coefficient (Wildman–Crippen LogP) is 0.718. The Balaban J connectivity index is 4.60. The van der Waals surface area contributed by atoms with Crippen LogP contribution in [0.3, 0.4) is 0 Å². The summed E-state index contributed by atoms with van der Waals surface area (Å²) in [5, 5.41) is 11.5. The molecule has 6 nitrogen and oxygen atoms in total. The van der Waals surface area contributed by atoms with E-state index in [0.717, 1.165) is 0 Å². The lowest BCUT2D eigenvalue weighted by Gasteiger charge is -2.26. The molecule has 0 aliphatic carbocycles. The van der Waals surface area contributed by atoms with Gasteiger partial charge in [-0.3, -0.25) is 14.4 Å². The molecule has 0 spiro atoms. The number of likely N-dealkylation sites (N-methyl/N-ethyl adjacent to an activating group) is 1. The number of carboxylic acids is 1. The minimum Gasteiger partial charge on any atom is -0.481 e. The molecule has 0 aromatic rings. The summed E-state index contributed by atoms with van der Waals surface area (Å²) < 4.78 is 0. The third kappa shape index (κ3) is 5.28. The highest BCUT2D eigenvalue weighted by atomic mass is 16.4. The fraction of sp³-hybridized carbons (Fsp3) is 0.769. The maximum Gasteiger partial charge on any atom is 0.316 e. The van der Waals surface area contributed by atoms with Gasteiger partial charge in [-0.2, -0.15) is 0 Å². The Morgan fingerprint density at radius 2 is 1.63 bits per heavy atom. The number of carbonyl (C=O) groups excluding carboxylic acids is 2. The van der Waals surface area contributed by atoms with Gasteiger partial charge in [-0.1, -0.05) is 20.8 Å². The summed E-state index contributed by atoms with van der Waals surface area (Å²) in [6.45, 7) is 9.68. The number of carboxylic acid groups (broad SMARTS) is 1. The van der Waals surface area contributed by atoms with E-state index in [0.29, 0.717) is 13.1 Å². The summed E-state index contributed by atoms with van der Waals surface area (Å²) in [6.07, 6.45) is 0. The Hall–Kier alpha value is -1.59. The van der Waals surface area contributed by atoms with E-state index in [1.165, 1.54) is 0 Å². The molecule has 0 saturated carbocycles. The summed E-state index contributed by atoms with van der Waals surface area (Å²) in [5.74, 6) is -3.19. The molecule has 6 heteroatoms. The topological polar surface area (TPSA) is 86.7 Å². The van der Waals surface area contributed by atoms with Crippen LogP contribution >= 0.6 is 0 Å². The molecule has 1 unspecified atom stereocenters. The van der Waals surface area contributed by atoms with Crippen LogP contribution < -0.4 is 5.32 Å². The highest BCUT2D eigenvalue weighted by Gasteiger charge is 2.37. The van der Waals surface area contributed by atoms with E-state index in [9.17, 15) is 14.4 Å². The molecule has 0 radical (unpaired) electrons. The van der Waals surface area contributed by atoms with Crippen LogP contribution in [-0.2, 0) is 14.4 Å². The van der Waals surface area contributed by atoms with Crippen LogP contribution in [0.15, 0.2) is 0 Å². The molecule has 0 fully saturated rings. The molecule has 0 aliphatic heterocycles. The zero-order valence-corrected chi connectivity index (χ0v) is 12.3. The zero-order valence-electron chi connectivity index (χ0n) is 12.3. The third-order valence-corrected chi connectivity index (χ3v) is 2.91. The second-order valence-corrected chi connectivity index (χ2v) is 5.42. The number of aliphatic carboxylic acids is 1. The zero-order chi connectivity index (χ0) is 15.2. The molecular formula is C13H24N2O4. The summed E-state index contributed by atoms with van der Waals surface area (Å²) in [5.41, 5.74) is -0.700. The molecule has 0 heterocycles. The number of rotatable bonds is 6. The van der Waals surface area contributed by atoms with Gasteiger partial charge in [0.2, 0.25) is 11.8 Å². The number of nitrogens with zero attached hydrogens (tertiary/aromatic N) is 1. The van der Waals surface area contributed by atoms with Gasteiger partial charge in [0, 0.05) is 13.1 Å². The van der Waals surface area contributed by atoms with Crippen LogP contribution in [0.1, 0.15) is 34.6 Å². The Morgan fingerprint density at radius 3 is 1.95 bits per heavy atom. The quantitative estimate of drug-likeness (QED) is 0.697. The Morgan fingerprint density at radius 1 is 1.16 bits per heavy atom. The first kappa shape index (κ1) is 17.4. The number of hydrogen-bond donors (Lipinski definition) is 2. The van der Waals surface area contributed by atoms with Crippen LogP contribution in [0.25, 0.3) is 0 Å². The van der Waals surface area contributed by atoms with Gasteiger partial charge in [0.25, 0.3) is 0 Å². The monoisotopic (exact) mass is 272 g/mol. The standard InChI is InChI=1S/C13H24N2O4/c1-6-15(7-2)9(16)8-14-11(17)10(12(18)19)13(3,4)5/h10H,6-8H2,1-5H3,(H,14,17)(H,18,19). The SMILES string of the molecule is CCN(CC)C(=O)CNC(=O)C(C(=O)O)C(C)(C)C. The average molecular weight is 272 g/mol. The highest BCUT2D eigenvalue weighted by molar-refractivity contribution is 5.99. The van der Waals surface area contributed by atoms with E-state index in [1.807, 2.05) is 13.8 Å².